The Balaban J connectivity index is 2.03. The molecule has 0 spiro atoms. The van der Waals surface area contributed by atoms with E-state index >= 15 is 0 Å². The van der Waals surface area contributed by atoms with Crippen molar-refractivity contribution in [2.75, 3.05) is 6.61 Å². The van der Waals surface area contributed by atoms with Crippen molar-refractivity contribution in [1.29, 1.82) is 0 Å². The van der Waals surface area contributed by atoms with Gasteiger partial charge >= 0.3 is 5.97 Å². The number of carboxylic acids is 1. The first-order valence-electron chi connectivity index (χ1n) is 8.66. The van der Waals surface area contributed by atoms with Gasteiger partial charge in [-0.1, -0.05) is 51.2 Å². The van der Waals surface area contributed by atoms with Crippen molar-refractivity contribution < 1.29 is 14.6 Å². The van der Waals surface area contributed by atoms with Gasteiger partial charge in [-0.15, -0.1) is 0 Å². The second kappa shape index (κ2) is 12.1. The predicted molar refractivity (Wildman–Crippen MR) is 90.5 cm³/mol. The van der Waals surface area contributed by atoms with Crippen LogP contribution in [0.1, 0.15) is 70.3 Å². The Morgan fingerprint density at radius 2 is 1.59 bits per heavy atom. The molecule has 1 rings (SSSR count). The van der Waals surface area contributed by atoms with Gasteiger partial charge in [0.2, 0.25) is 0 Å². The van der Waals surface area contributed by atoms with E-state index in [1.165, 1.54) is 24.8 Å². The summed E-state index contributed by atoms with van der Waals surface area (Å²) in [7, 11) is 0. The molecule has 0 unspecified atom stereocenters. The van der Waals surface area contributed by atoms with Crippen molar-refractivity contribution in [3.05, 3.63) is 29.8 Å². The van der Waals surface area contributed by atoms with Crippen LogP contribution in [0.3, 0.4) is 0 Å². The van der Waals surface area contributed by atoms with Crippen LogP contribution < -0.4 is 4.74 Å². The third-order valence-corrected chi connectivity index (χ3v) is 3.80. The Bertz CT molecular complexity index is 398. The minimum atomic E-state index is -0.679. The molecule has 1 N–H and O–H groups in total. The standard InChI is InChI=1S/C19H30O3/c1-2-3-16-22-18-14-12-17(13-15-18)10-8-6-4-5-7-9-11-19(20)21/h12-15H,2-11,16H2,1H3,(H,20,21). The summed E-state index contributed by atoms with van der Waals surface area (Å²) in [6.07, 6.45) is 10.3. The van der Waals surface area contributed by atoms with Crippen LogP contribution in [0.4, 0.5) is 0 Å². The fraction of sp³-hybridized carbons (Fsp3) is 0.632. The molecule has 0 aliphatic rings. The molecule has 0 bridgehead atoms. The number of ether oxygens (including phenoxy) is 1. The van der Waals surface area contributed by atoms with Gasteiger partial charge in [-0.2, -0.15) is 0 Å². The number of hydrogen-bond donors (Lipinski definition) is 1. The summed E-state index contributed by atoms with van der Waals surface area (Å²) in [4.78, 5) is 10.4. The van der Waals surface area contributed by atoms with Gasteiger partial charge in [0.1, 0.15) is 5.75 Å². The highest BCUT2D eigenvalue weighted by atomic mass is 16.5. The SMILES string of the molecule is CCCCOc1ccc(CCCCCCCCC(=O)O)cc1. The van der Waals surface area contributed by atoms with Gasteiger partial charge < -0.3 is 9.84 Å². The topological polar surface area (TPSA) is 46.5 Å². The zero-order chi connectivity index (χ0) is 16.0. The van der Waals surface area contributed by atoms with E-state index in [4.69, 9.17) is 9.84 Å². The first kappa shape index (κ1) is 18.5. The molecule has 0 saturated carbocycles. The maximum absolute atomic E-state index is 10.4. The van der Waals surface area contributed by atoms with Crippen LogP contribution in [0, 0.1) is 0 Å². The smallest absolute Gasteiger partial charge is 0.303 e. The normalized spacial score (nSPS) is 10.6. The molecule has 124 valence electrons. The first-order chi connectivity index (χ1) is 10.7. The number of benzene rings is 1. The zero-order valence-corrected chi connectivity index (χ0v) is 13.9. The van der Waals surface area contributed by atoms with Gasteiger partial charge in [-0.05, 0) is 43.4 Å². The van der Waals surface area contributed by atoms with Crippen LogP contribution >= 0.6 is 0 Å². The molecule has 0 aliphatic carbocycles. The largest absolute Gasteiger partial charge is 0.494 e. The maximum Gasteiger partial charge on any atom is 0.303 e. The van der Waals surface area contributed by atoms with Crippen LogP contribution in [0.15, 0.2) is 24.3 Å². The summed E-state index contributed by atoms with van der Waals surface area (Å²) in [6.45, 7) is 2.97. The molecule has 0 radical (unpaired) electrons. The zero-order valence-electron chi connectivity index (χ0n) is 13.9. The molecule has 0 fully saturated rings. The Labute approximate surface area is 134 Å². The lowest BCUT2D eigenvalue weighted by atomic mass is 10.0. The van der Waals surface area contributed by atoms with Crippen LogP contribution in [0.2, 0.25) is 0 Å². The summed E-state index contributed by atoms with van der Waals surface area (Å²) in [5, 5.41) is 8.55. The van der Waals surface area contributed by atoms with Gasteiger partial charge in [-0.25, -0.2) is 0 Å². The summed E-state index contributed by atoms with van der Waals surface area (Å²) in [6, 6.07) is 8.45. The van der Waals surface area contributed by atoms with Crippen LogP contribution in [0.25, 0.3) is 0 Å². The van der Waals surface area contributed by atoms with E-state index in [2.05, 4.69) is 31.2 Å². The van der Waals surface area contributed by atoms with Gasteiger partial charge in [-0.3, -0.25) is 4.79 Å². The minimum Gasteiger partial charge on any atom is -0.494 e. The van der Waals surface area contributed by atoms with Gasteiger partial charge in [0.15, 0.2) is 0 Å². The van der Waals surface area contributed by atoms with E-state index in [1.807, 2.05) is 0 Å². The van der Waals surface area contributed by atoms with Crippen molar-refractivity contribution in [2.24, 2.45) is 0 Å². The van der Waals surface area contributed by atoms with E-state index in [-0.39, 0.29) is 0 Å². The quantitative estimate of drug-likeness (QED) is 0.508. The molecule has 0 heterocycles. The minimum absolute atomic E-state index is 0.312. The van der Waals surface area contributed by atoms with Crippen LogP contribution in [0.5, 0.6) is 5.75 Å². The number of aryl methyl sites for hydroxylation is 1. The monoisotopic (exact) mass is 306 g/mol. The number of hydrogen-bond acceptors (Lipinski definition) is 2. The molecular weight excluding hydrogens is 276 g/mol. The van der Waals surface area contributed by atoms with Crippen molar-refractivity contribution in [1.82, 2.24) is 0 Å². The molecule has 0 aliphatic heterocycles. The number of unbranched alkanes of at least 4 members (excludes halogenated alkanes) is 6. The molecule has 1 aromatic carbocycles. The molecule has 0 atom stereocenters. The van der Waals surface area contributed by atoms with E-state index in [0.717, 1.165) is 50.9 Å². The third kappa shape index (κ3) is 9.43. The number of rotatable bonds is 13. The number of carboxylic acid groups (broad SMARTS) is 1. The third-order valence-electron chi connectivity index (χ3n) is 3.80. The Hall–Kier alpha value is -1.51. The van der Waals surface area contributed by atoms with E-state index in [9.17, 15) is 4.79 Å². The van der Waals surface area contributed by atoms with E-state index in [1.54, 1.807) is 0 Å². The molecule has 1 aromatic rings. The van der Waals surface area contributed by atoms with Crippen LogP contribution in [-0.2, 0) is 11.2 Å². The lowest BCUT2D eigenvalue weighted by Gasteiger charge is -2.06. The molecule has 3 heteroatoms. The Morgan fingerprint density at radius 3 is 2.23 bits per heavy atom. The first-order valence-corrected chi connectivity index (χ1v) is 8.66. The second-order valence-corrected chi connectivity index (χ2v) is 5.86. The highest BCUT2D eigenvalue weighted by Crippen LogP contribution is 2.15. The van der Waals surface area contributed by atoms with Gasteiger partial charge in [0.25, 0.3) is 0 Å². The highest BCUT2D eigenvalue weighted by Gasteiger charge is 1.98. The van der Waals surface area contributed by atoms with Crippen LogP contribution in [-0.4, -0.2) is 17.7 Å². The van der Waals surface area contributed by atoms with Gasteiger partial charge in [0, 0.05) is 6.42 Å². The molecule has 22 heavy (non-hydrogen) atoms. The maximum atomic E-state index is 10.4. The highest BCUT2D eigenvalue weighted by molar-refractivity contribution is 5.66. The molecule has 3 nitrogen and oxygen atoms in total. The Morgan fingerprint density at radius 1 is 0.955 bits per heavy atom. The number of carbonyl (C=O) groups is 1. The fourth-order valence-corrected chi connectivity index (χ4v) is 2.40. The lowest BCUT2D eigenvalue weighted by molar-refractivity contribution is -0.137. The average Bonchev–Trinajstić information content (AvgIpc) is 2.51. The van der Waals surface area contributed by atoms with E-state index in [0.29, 0.717) is 6.42 Å². The fourth-order valence-electron chi connectivity index (χ4n) is 2.40. The molecule has 0 aromatic heterocycles. The summed E-state index contributed by atoms with van der Waals surface area (Å²) in [5.41, 5.74) is 1.37. The molecular formula is C19H30O3. The van der Waals surface area contributed by atoms with Crippen molar-refractivity contribution in [3.8, 4) is 5.75 Å². The van der Waals surface area contributed by atoms with Crippen molar-refractivity contribution in [3.63, 3.8) is 0 Å². The van der Waals surface area contributed by atoms with Crippen molar-refractivity contribution in [2.45, 2.75) is 71.1 Å². The second-order valence-electron chi connectivity index (χ2n) is 5.86. The lowest BCUT2D eigenvalue weighted by Crippen LogP contribution is -1.96. The molecule has 0 saturated heterocycles. The van der Waals surface area contributed by atoms with E-state index < -0.39 is 5.97 Å². The predicted octanol–water partition coefficient (Wildman–Crippen LogP) is 5.22. The summed E-state index contributed by atoms with van der Waals surface area (Å²) in [5.74, 6) is 0.290. The van der Waals surface area contributed by atoms with Gasteiger partial charge in [0.05, 0.1) is 6.61 Å². The summed E-state index contributed by atoms with van der Waals surface area (Å²) >= 11 is 0. The average molecular weight is 306 g/mol. The number of aliphatic carboxylic acids is 1. The summed E-state index contributed by atoms with van der Waals surface area (Å²) < 4.78 is 5.66. The molecule has 0 amide bonds. The Kier molecular flexibility index (Phi) is 10.2. The van der Waals surface area contributed by atoms with Crippen molar-refractivity contribution >= 4 is 5.97 Å².